The molecule has 3 aromatic rings. The monoisotopic (exact) mass is 209 g/mol. The van der Waals surface area contributed by atoms with E-state index in [0.717, 1.165) is 16.3 Å². The second kappa shape index (κ2) is 3.23. The van der Waals surface area contributed by atoms with E-state index in [9.17, 15) is 0 Å². The molecule has 0 aliphatic heterocycles. The Balaban J connectivity index is 2.69. The summed E-state index contributed by atoms with van der Waals surface area (Å²) in [6, 6.07) is 2.04. The summed E-state index contributed by atoms with van der Waals surface area (Å²) in [4.78, 5) is 12.6. The van der Waals surface area contributed by atoms with Gasteiger partial charge in [0.1, 0.15) is 6.33 Å². The number of pyridine rings is 1. The number of benzene rings is 1. The summed E-state index contributed by atoms with van der Waals surface area (Å²) >= 11 is 0. The number of fused-ring (bicyclic) bond motifs is 3. The molecule has 0 bridgehead atoms. The van der Waals surface area contributed by atoms with Crippen molar-refractivity contribution in [3.63, 3.8) is 0 Å². The fraction of sp³-hybridized carbons (Fsp3) is 0.154. The van der Waals surface area contributed by atoms with Gasteiger partial charge >= 0.3 is 0 Å². The summed E-state index contributed by atoms with van der Waals surface area (Å²) in [6.07, 6.45) is 7.15. The van der Waals surface area contributed by atoms with Crippen molar-refractivity contribution in [3.05, 3.63) is 42.1 Å². The SMILES string of the molecule is Cc1c(C)c2cncnc2c2cnccc12. The van der Waals surface area contributed by atoms with Crippen LogP contribution in [0.4, 0.5) is 0 Å². The molecule has 0 aliphatic rings. The van der Waals surface area contributed by atoms with Crippen molar-refractivity contribution >= 4 is 21.7 Å². The van der Waals surface area contributed by atoms with E-state index in [1.165, 1.54) is 16.5 Å². The van der Waals surface area contributed by atoms with Crippen LogP contribution in [0, 0.1) is 13.8 Å². The lowest BCUT2D eigenvalue weighted by Crippen LogP contribution is -1.91. The predicted octanol–water partition coefficient (Wildman–Crippen LogP) is 2.79. The van der Waals surface area contributed by atoms with E-state index in [-0.39, 0.29) is 0 Å². The Labute approximate surface area is 93.2 Å². The maximum absolute atomic E-state index is 4.36. The Morgan fingerprint density at radius 3 is 2.50 bits per heavy atom. The first-order valence-corrected chi connectivity index (χ1v) is 5.21. The van der Waals surface area contributed by atoms with E-state index in [1.807, 2.05) is 24.7 Å². The Morgan fingerprint density at radius 1 is 0.875 bits per heavy atom. The molecule has 3 heteroatoms. The van der Waals surface area contributed by atoms with Gasteiger partial charge in [0.15, 0.2) is 0 Å². The molecule has 0 aliphatic carbocycles. The zero-order valence-electron chi connectivity index (χ0n) is 9.23. The molecule has 0 atom stereocenters. The van der Waals surface area contributed by atoms with Crippen molar-refractivity contribution in [2.24, 2.45) is 0 Å². The zero-order chi connectivity index (χ0) is 11.1. The second-order valence-electron chi connectivity index (χ2n) is 3.96. The highest BCUT2D eigenvalue weighted by Gasteiger charge is 2.08. The van der Waals surface area contributed by atoms with Crippen molar-refractivity contribution in [2.45, 2.75) is 13.8 Å². The van der Waals surface area contributed by atoms with Gasteiger partial charge in [0.2, 0.25) is 0 Å². The van der Waals surface area contributed by atoms with E-state index < -0.39 is 0 Å². The number of rotatable bonds is 0. The quantitative estimate of drug-likeness (QED) is 0.534. The summed E-state index contributed by atoms with van der Waals surface area (Å²) in [6.45, 7) is 4.24. The normalized spacial score (nSPS) is 11.1. The number of nitrogens with zero attached hydrogens (tertiary/aromatic N) is 3. The van der Waals surface area contributed by atoms with Gasteiger partial charge < -0.3 is 0 Å². The molecule has 2 heterocycles. The smallest absolute Gasteiger partial charge is 0.116 e. The Kier molecular flexibility index (Phi) is 1.86. The Bertz CT molecular complexity index is 628. The third-order valence-corrected chi connectivity index (χ3v) is 3.16. The summed E-state index contributed by atoms with van der Waals surface area (Å²) in [7, 11) is 0. The number of aromatic nitrogens is 3. The summed E-state index contributed by atoms with van der Waals surface area (Å²) in [5.74, 6) is 0. The summed E-state index contributed by atoms with van der Waals surface area (Å²) in [5.41, 5.74) is 3.51. The number of aryl methyl sites for hydroxylation is 2. The topological polar surface area (TPSA) is 38.7 Å². The third kappa shape index (κ3) is 1.11. The van der Waals surface area contributed by atoms with Crippen LogP contribution in [0.25, 0.3) is 21.7 Å². The summed E-state index contributed by atoms with van der Waals surface area (Å²) < 4.78 is 0. The molecular weight excluding hydrogens is 198 g/mol. The van der Waals surface area contributed by atoms with E-state index in [4.69, 9.17) is 0 Å². The standard InChI is InChI=1S/C13H11N3/c1-8-9(2)11-5-15-7-16-13(11)12-6-14-4-3-10(8)12/h3-7H,1-2H3. The molecule has 0 radical (unpaired) electrons. The van der Waals surface area contributed by atoms with Crippen molar-refractivity contribution in [2.75, 3.05) is 0 Å². The van der Waals surface area contributed by atoms with Gasteiger partial charge in [-0.15, -0.1) is 0 Å². The minimum Gasteiger partial charge on any atom is -0.264 e. The van der Waals surface area contributed by atoms with Crippen LogP contribution in [-0.2, 0) is 0 Å². The first-order valence-electron chi connectivity index (χ1n) is 5.21. The second-order valence-corrected chi connectivity index (χ2v) is 3.96. The molecule has 0 saturated heterocycles. The Morgan fingerprint density at radius 2 is 1.62 bits per heavy atom. The summed E-state index contributed by atoms with van der Waals surface area (Å²) in [5, 5.41) is 3.43. The highest BCUT2D eigenvalue weighted by molar-refractivity contribution is 6.07. The first-order chi connectivity index (χ1) is 7.79. The van der Waals surface area contributed by atoms with E-state index in [1.54, 1.807) is 6.33 Å². The van der Waals surface area contributed by atoms with Crippen molar-refractivity contribution < 1.29 is 0 Å². The predicted molar refractivity (Wildman–Crippen MR) is 64.3 cm³/mol. The molecule has 0 amide bonds. The molecule has 78 valence electrons. The van der Waals surface area contributed by atoms with E-state index >= 15 is 0 Å². The average molecular weight is 209 g/mol. The molecule has 2 aromatic heterocycles. The van der Waals surface area contributed by atoms with Crippen LogP contribution in [0.5, 0.6) is 0 Å². The highest BCUT2D eigenvalue weighted by Crippen LogP contribution is 2.29. The van der Waals surface area contributed by atoms with Crippen LogP contribution in [0.2, 0.25) is 0 Å². The molecule has 1 aromatic carbocycles. The maximum Gasteiger partial charge on any atom is 0.116 e. The molecule has 16 heavy (non-hydrogen) atoms. The maximum atomic E-state index is 4.36. The lowest BCUT2D eigenvalue weighted by molar-refractivity contribution is 1.21. The van der Waals surface area contributed by atoms with Gasteiger partial charge in [-0.05, 0) is 36.4 Å². The fourth-order valence-corrected chi connectivity index (χ4v) is 2.13. The molecule has 0 fully saturated rings. The van der Waals surface area contributed by atoms with Crippen molar-refractivity contribution in [3.8, 4) is 0 Å². The molecule has 0 N–H and O–H groups in total. The largest absolute Gasteiger partial charge is 0.264 e. The van der Waals surface area contributed by atoms with Gasteiger partial charge in [0, 0.05) is 29.4 Å². The van der Waals surface area contributed by atoms with Crippen LogP contribution in [0.1, 0.15) is 11.1 Å². The van der Waals surface area contributed by atoms with Crippen molar-refractivity contribution in [1.82, 2.24) is 15.0 Å². The number of hydrogen-bond acceptors (Lipinski definition) is 3. The first kappa shape index (κ1) is 9.21. The van der Waals surface area contributed by atoms with Gasteiger partial charge in [0.25, 0.3) is 0 Å². The molecule has 3 nitrogen and oxygen atoms in total. The molecule has 0 spiro atoms. The van der Waals surface area contributed by atoms with E-state index in [0.29, 0.717) is 0 Å². The van der Waals surface area contributed by atoms with Gasteiger partial charge in [-0.25, -0.2) is 9.97 Å². The fourth-order valence-electron chi connectivity index (χ4n) is 2.13. The molecule has 0 unspecified atom stereocenters. The zero-order valence-corrected chi connectivity index (χ0v) is 9.23. The van der Waals surface area contributed by atoms with Crippen LogP contribution in [0.3, 0.4) is 0 Å². The van der Waals surface area contributed by atoms with Crippen LogP contribution >= 0.6 is 0 Å². The van der Waals surface area contributed by atoms with Crippen LogP contribution in [0.15, 0.2) is 31.0 Å². The van der Waals surface area contributed by atoms with Gasteiger partial charge in [-0.3, -0.25) is 4.98 Å². The number of hydrogen-bond donors (Lipinski definition) is 0. The minimum atomic E-state index is 0.987. The average Bonchev–Trinajstić information content (AvgIpc) is 2.36. The molecular formula is C13H11N3. The van der Waals surface area contributed by atoms with Crippen molar-refractivity contribution in [1.29, 1.82) is 0 Å². The molecule has 3 rings (SSSR count). The van der Waals surface area contributed by atoms with Gasteiger partial charge in [-0.1, -0.05) is 0 Å². The van der Waals surface area contributed by atoms with Gasteiger partial charge in [0.05, 0.1) is 5.52 Å². The van der Waals surface area contributed by atoms with Crippen LogP contribution < -0.4 is 0 Å². The van der Waals surface area contributed by atoms with E-state index in [2.05, 4.69) is 28.8 Å². The van der Waals surface area contributed by atoms with Crippen LogP contribution in [-0.4, -0.2) is 15.0 Å². The lowest BCUT2D eigenvalue weighted by atomic mass is 9.98. The molecule has 0 saturated carbocycles. The van der Waals surface area contributed by atoms with Gasteiger partial charge in [-0.2, -0.15) is 0 Å². The highest BCUT2D eigenvalue weighted by atomic mass is 14.8. The minimum absolute atomic E-state index is 0.987. The lowest BCUT2D eigenvalue weighted by Gasteiger charge is -2.09. The Hall–Kier alpha value is -2.03. The third-order valence-electron chi connectivity index (χ3n) is 3.16.